The van der Waals surface area contributed by atoms with E-state index in [-0.39, 0.29) is 0 Å². The summed E-state index contributed by atoms with van der Waals surface area (Å²) in [7, 11) is 0. The molecule has 1 heterocycles. The van der Waals surface area contributed by atoms with Gasteiger partial charge in [-0.3, -0.25) is 0 Å². The largest absolute Gasteiger partial charge is 0.228 e. The summed E-state index contributed by atoms with van der Waals surface area (Å²) in [4.78, 5) is 10.3. The molecule has 2 heteroatoms. The van der Waals surface area contributed by atoms with Crippen LogP contribution >= 0.6 is 0 Å². The molecule has 0 atom stereocenters. The molecule has 0 saturated heterocycles. The maximum atomic E-state index is 5.19. The van der Waals surface area contributed by atoms with Gasteiger partial charge in [0.05, 0.1) is 11.2 Å². The molecule has 0 aliphatic carbocycles. The number of benzene rings is 8. The zero-order valence-corrected chi connectivity index (χ0v) is 26.2. The quantitative estimate of drug-likeness (QED) is 0.181. The summed E-state index contributed by atoms with van der Waals surface area (Å²) in [6.07, 6.45) is 0. The Balaban J connectivity index is 1.08. The van der Waals surface area contributed by atoms with E-state index in [2.05, 4.69) is 176 Å². The van der Waals surface area contributed by atoms with Crippen LogP contribution in [0.3, 0.4) is 0 Å². The number of fused-ring (bicyclic) bond motifs is 4. The normalized spacial score (nSPS) is 11.3. The number of nitrogens with zero attached hydrogens (tertiary/aromatic N) is 2. The van der Waals surface area contributed by atoms with Gasteiger partial charge in [0.15, 0.2) is 5.82 Å². The molecule has 0 aliphatic heterocycles. The van der Waals surface area contributed by atoms with Crippen molar-refractivity contribution in [3.05, 3.63) is 182 Å². The summed E-state index contributed by atoms with van der Waals surface area (Å²) >= 11 is 0. The number of hydrogen-bond donors (Lipinski definition) is 0. The molecule has 0 bridgehead atoms. The minimum atomic E-state index is 0.724. The molecular formula is C46H30N2. The highest BCUT2D eigenvalue weighted by molar-refractivity contribution is 6.12. The minimum absolute atomic E-state index is 0.724. The van der Waals surface area contributed by atoms with Gasteiger partial charge < -0.3 is 0 Å². The zero-order valence-electron chi connectivity index (χ0n) is 26.2. The molecule has 0 spiro atoms. The van der Waals surface area contributed by atoms with Crippen molar-refractivity contribution in [2.24, 2.45) is 0 Å². The minimum Gasteiger partial charge on any atom is -0.228 e. The van der Waals surface area contributed by atoms with E-state index in [0.717, 1.165) is 39.1 Å². The molecule has 9 rings (SSSR count). The lowest BCUT2D eigenvalue weighted by atomic mass is 9.94. The van der Waals surface area contributed by atoms with Crippen molar-refractivity contribution in [1.82, 2.24) is 9.97 Å². The smallest absolute Gasteiger partial charge is 0.160 e. The molecule has 48 heavy (non-hydrogen) atoms. The van der Waals surface area contributed by atoms with E-state index in [1.165, 1.54) is 49.4 Å². The van der Waals surface area contributed by atoms with Crippen LogP contribution in [-0.4, -0.2) is 9.97 Å². The Morgan fingerprint density at radius 2 is 0.854 bits per heavy atom. The standard InChI is InChI=1S/C46H30N2/c1-2-13-34(14-3-1)45-44-42-21-7-5-12-33(42)27-28-43(44)47-46(48-45)35-25-23-31(24-26-35)36-16-8-17-37(29-36)38-18-9-19-39(30-38)41-22-10-15-32-11-4-6-20-40(32)41/h1-30H. The van der Waals surface area contributed by atoms with Gasteiger partial charge in [0.2, 0.25) is 0 Å². The molecule has 0 fully saturated rings. The van der Waals surface area contributed by atoms with Gasteiger partial charge in [-0.25, -0.2) is 9.97 Å². The van der Waals surface area contributed by atoms with E-state index in [1.54, 1.807) is 0 Å². The van der Waals surface area contributed by atoms with Crippen molar-refractivity contribution in [3.8, 4) is 56.0 Å². The topological polar surface area (TPSA) is 25.8 Å². The maximum Gasteiger partial charge on any atom is 0.160 e. The summed E-state index contributed by atoms with van der Waals surface area (Å²) in [5.41, 5.74) is 11.2. The van der Waals surface area contributed by atoms with Crippen LogP contribution < -0.4 is 0 Å². The fourth-order valence-electron chi connectivity index (χ4n) is 6.87. The first kappa shape index (κ1) is 27.9. The van der Waals surface area contributed by atoms with Crippen LogP contribution in [0, 0.1) is 0 Å². The van der Waals surface area contributed by atoms with Crippen molar-refractivity contribution in [3.63, 3.8) is 0 Å². The van der Waals surface area contributed by atoms with Crippen molar-refractivity contribution in [1.29, 1.82) is 0 Å². The molecular weight excluding hydrogens is 581 g/mol. The SMILES string of the molecule is c1ccc(-c2nc(-c3ccc(-c4cccc(-c5cccc(-c6cccc7ccccc67)c5)c4)cc3)nc3ccc4ccccc4c23)cc1. The number of hydrogen-bond acceptors (Lipinski definition) is 2. The Kier molecular flexibility index (Phi) is 6.84. The molecule has 0 radical (unpaired) electrons. The summed E-state index contributed by atoms with van der Waals surface area (Å²) in [6.45, 7) is 0. The predicted molar refractivity (Wildman–Crippen MR) is 202 cm³/mol. The third-order valence-corrected chi connectivity index (χ3v) is 9.27. The van der Waals surface area contributed by atoms with Crippen molar-refractivity contribution < 1.29 is 0 Å². The van der Waals surface area contributed by atoms with Crippen molar-refractivity contribution >= 4 is 32.4 Å². The first-order chi connectivity index (χ1) is 23.8. The van der Waals surface area contributed by atoms with Gasteiger partial charge in [-0.2, -0.15) is 0 Å². The third-order valence-electron chi connectivity index (χ3n) is 9.27. The second kappa shape index (κ2) is 11.8. The van der Waals surface area contributed by atoms with Gasteiger partial charge in [-0.1, -0.05) is 164 Å². The van der Waals surface area contributed by atoms with Crippen molar-refractivity contribution in [2.75, 3.05) is 0 Å². The van der Waals surface area contributed by atoms with Crippen LogP contribution in [0.25, 0.3) is 88.5 Å². The highest BCUT2D eigenvalue weighted by atomic mass is 14.9. The van der Waals surface area contributed by atoms with Crippen LogP contribution in [0.4, 0.5) is 0 Å². The molecule has 8 aromatic carbocycles. The fourth-order valence-corrected chi connectivity index (χ4v) is 6.87. The lowest BCUT2D eigenvalue weighted by Gasteiger charge is -2.12. The molecule has 0 saturated carbocycles. The van der Waals surface area contributed by atoms with Gasteiger partial charge >= 0.3 is 0 Å². The Labute approximate surface area is 279 Å². The Bertz CT molecular complexity index is 2600. The molecule has 2 nitrogen and oxygen atoms in total. The first-order valence-corrected chi connectivity index (χ1v) is 16.3. The van der Waals surface area contributed by atoms with Crippen molar-refractivity contribution in [2.45, 2.75) is 0 Å². The van der Waals surface area contributed by atoms with E-state index in [9.17, 15) is 0 Å². The van der Waals surface area contributed by atoms with E-state index >= 15 is 0 Å². The molecule has 0 unspecified atom stereocenters. The van der Waals surface area contributed by atoms with Crippen LogP contribution in [0.2, 0.25) is 0 Å². The summed E-state index contributed by atoms with van der Waals surface area (Å²) < 4.78 is 0. The average Bonchev–Trinajstić information content (AvgIpc) is 3.17. The van der Waals surface area contributed by atoms with E-state index in [1.807, 2.05) is 6.07 Å². The molecule has 0 N–H and O–H groups in total. The first-order valence-electron chi connectivity index (χ1n) is 16.3. The van der Waals surface area contributed by atoms with Gasteiger partial charge in [0, 0.05) is 16.5 Å². The lowest BCUT2D eigenvalue weighted by Crippen LogP contribution is -1.96. The van der Waals surface area contributed by atoms with E-state index in [4.69, 9.17) is 9.97 Å². The monoisotopic (exact) mass is 610 g/mol. The van der Waals surface area contributed by atoms with Gasteiger partial charge in [0.25, 0.3) is 0 Å². The van der Waals surface area contributed by atoms with E-state index < -0.39 is 0 Å². The molecule has 0 aliphatic rings. The predicted octanol–water partition coefficient (Wildman–Crippen LogP) is 12.3. The lowest BCUT2D eigenvalue weighted by molar-refractivity contribution is 1.23. The molecule has 224 valence electrons. The summed E-state index contributed by atoms with van der Waals surface area (Å²) in [5.74, 6) is 0.724. The second-order valence-electron chi connectivity index (χ2n) is 12.2. The van der Waals surface area contributed by atoms with Gasteiger partial charge in [-0.05, 0) is 73.1 Å². The summed E-state index contributed by atoms with van der Waals surface area (Å²) in [5, 5.41) is 5.96. The molecule has 0 amide bonds. The zero-order chi connectivity index (χ0) is 31.9. The molecule has 1 aromatic heterocycles. The number of rotatable bonds is 5. The van der Waals surface area contributed by atoms with E-state index in [0.29, 0.717) is 0 Å². The Morgan fingerprint density at radius 3 is 1.62 bits per heavy atom. The fraction of sp³-hybridized carbons (Fsp3) is 0. The van der Waals surface area contributed by atoms with Crippen LogP contribution in [-0.2, 0) is 0 Å². The third kappa shape index (κ3) is 5.01. The summed E-state index contributed by atoms with van der Waals surface area (Å²) in [6, 6.07) is 64.6. The average molecular weight is 611 g/mol. The highest BCUT2D eigenvalue weighted by Crippen LogP contribution is 2.36. The molecule has 9 aromatic rings. The second-order valence-corrected chi connectivity index (χ2v) is 12.2. The Morgan fingerprint density at radius 1 is 0.312 bits per heavy atom. The van der Waals surface area contributed by atoms with Gasteiger partial charge in [0.1, 0.15) is 0 Å². The highest BCUT2D eigenvalue weighted by Gasteiger charge is 2.14. The van der Waals surface area contributed by atoms with Gasteiger partial charge in [-0.15, -0.1) is 0 Å². The van der Waals surface area contributed by atoms with Crippen LogP contribution in [0.5, 0.6) is 0 Å². The Hall–Kier alpha value is -6.38. The van der Waals surface area contributed by atoms with Crippen LogP contribution in [0.1, 0.15) is 0 Å². The van der Waals surface area contributed by atoms with Crippen LogP contribution in [0.15, 0.2) is 182 Å². The maximum absolute atomic E-state index is 5.19. The number of aromatic nitrogens is 2.